The molecule has 1 saturated heterocycles. The fraction of sp³-hybridized carbons (Fsp3) is 0.333. The van der Waals surface area contributed by atoms with E-state index < -0.39 is 0 Å². The minimum absolute atomic E-state index is 0.380. The van der Waals surface area contributed by atoms with E-state index in [0.29, 0.717) is 41.3 Å². The summed E-state index contributed by atoms with van der Waals surface area (Å²) in [6.45, 7) is 3.07. The number of hydrogen-bond acceptors (Lipinski definition) is 4. The van der Waals surface area contributed by atoms with Crippen molar-refractivity contribution in [3.63, 3.8) is 0 Å². The number of imidazole rings is 1. The zero-order valence-electron chi connectivity index (χ0n) is 15.2. The number of halogens is 2. The quantitative estimate of drug-likeness (QED) is 0.578. The fourth-order valence-corrected chi connectivity index (χ4v) is 3.77. The van der Waals surface area contributed by atoms with Gasteiger partial charge in [-0.3, -0.25) is 0 Å². The molecule has 5 nitrogen and oxygen atoms in total. The Hall–Kier alpha value is -2.10. The monoisotopic (exact) mass is 415 g/mol. The highest BCUT2D eigenvalue weighted by molar-refractivity contribution is 6.33. The second-order valence-electron chi connectivity index (χ2n) is 6.91. The molecule has 2 aromatic carbocycles. The average Bonchev–Trinajstić information content (AvgIpc) is 3.33. The zero-order chi connectivity index (χ0) is 19.5. The first-order valence-corrected chi connectivity index (χ1v) is 9.88. The summed E-state index contributed by atoms with van der Waals surface area (Å²) in [4.78, 5) is 4.72. The molecule has 3 aromatic rings. The molecule has 0 aliphatic carbocycles. The maximum Gasteiger partial charge on any atom is 0.136 e. The van der Waals surface area contributed by atoms with Crippen molar-refractivity contribution in [2.45, 2.75) is 19.6 Å². The van der Waals surface area contributed by atoms with E-state index in [0.717, 1.165) is 42.1 Å². The van der Waals surface area contributed by atoms with Crippen LogP contribution in [-0.4, -0.2) is 29.4 Å². The molecule has 0 spiro atoms. The maximum atomic E-state index is 9.27. The highest BCUT2D eigenvalue weighted by Gasteiger charge is 2.18. The van der Waals surface area contributed by atoms with Crippen molar-refractivity contribution in [1.29, 1.82) is 5.26 Å². The van der Waals surface area contributed by atoms with E-state index in [2.05, 4.69) is 6.07 Å². The normalized spacial score (nSPS) is 16.5. The van der Waals surface area contributed by atoms with Crippen LogP contribution in [0.4, 0.5) is 0 Å². The Kier molecular flexibility index (Phi) is 5.84. The molecule has 7 heteroatoms. The molecular weight excluding hydrogens is 397 g/mol. The van der Waals surface area contributed by atoms with Crippen molar-refractivity contribution < 1.29 is 9.47 Å². The Balaban J connectivity index is 1.66. The van der Waals surface area contributed by atoms with Crippen LogP contribution in [0.15, 0.2) is 36.4 Å². The fourth-order valence-electron chi connectivity index (χ4n) is 3.40. The van der Waals surface area contributed by atoms with Gasteiger partial charge in [0.25, 0.3) is 0 Å². The van der Waals surface area contributed by atoms with Gasteiger partial charge in [0.1, 0.15) is 12.4 Å². The summed E-state index contributed by atoms with van der Waals surface area (Å²) < 4.78 is 13.4. The highest BCUT2D eigenvalue weighted by atomic mass is 35.5. The first kappa shape index (κ1) is 19.2. The van der Waals surface area contributed by atoms with E-state index in [9.17, 15) is 5.26 Å². The van der Waals surface area contributed by atoms with Crippen molar-refractivity contribution in [3.05, 3.63) is 63.4 Å². The van der Waals surface area contributed by atoms with Gasteiger partial charge in [-0.15, -0.1) is 0 Å². The van der Waals surface area contributed by atoms with E-state index in [4.69, 9.17) is 37.7 Å². The van der Waals surface area contributed by atoms with Crippen molar-refractivity contribution in [3.8, 4) is 6.07 Å². The summed E-state index contributed by atoms with van der Waals surface area (Å²) in [5.74, 6) is 1.23. The average molecular weight is 416 g/mol. The van der Waals surface area contributed by atoms with Crippen LogP contribution in [0.25, 0.3) is 11.0 Å². The van der Waals surface area contributed by atoms with Gasteiger partial charge >= 0.3 is 0 Å². The second-order valence-corrected chi connectivity index (χ2v) is 7.75. The van der Waals surface area contributed by atoms with E-state index in [1.807, 2.05) is 22.8 Å². The lowest BCUT2D eigenvalue weighted by Gasteiger charge is -2.13. The first-order valence-electron chi connectivity index (χ1n) is 9.12. The van der Waals surface area contributed by atoms with Crippen LogP contribution in [0.5, 0.6) is 0 Å². The Bertz CT molecular complexity index is 1040. The lowest BCUT2D eigenvalue weighted by Crippen LogP contribution is -2.12. The van der Waals surface area contributed by atoms with Crippen LogP contribution in [-0.2, 0) is 22.6 Å². The Morgan fingerprint density at radius 2 is 2.14 bits per heavy atom. The standard InChI is InChI=1S/C21H19Cl2N3O2/c22-17-2-3-18(23)16(8-17)10-26-20-7-14(9-24)1-4-19(20)25-21(26)13-28-12-15-5-6-27-11-15/h1-4,7-8,15H,5-6,10-13H2. The lowest BCUT2D eigenvalue weighted by molar-refractivity contribution is 0.0740. The van der Waals surface area contributed by atoms with Crippen molar-refractivity contribution >= 4 is 34.2 Å². The molecule has 0 radical (unpaired) electrons. The van der Waals surface area contributed by atoms with Crippen molar-refractivity contribution in [2.24, 2.45) is 5.92 Å². The summed E-state index contributed by atoms with van der Waals surface area (Å²) in [6.07, 6.45) is 1.03. The minimum Gasteiger partial charge on any atom is -0.381 e. The molecule has 2 heterocycles. The minimum atomic E-state index is 0.380. The number of nitrogens with zero attached hydrogens (tertiary/aromatic N) is 3. The Morgan fingerprint density at radius 1 is 1.25 bits per heavy atom. The summed E-state index contributed by atoms with van der Waals surface area (Å²) in [5.41, 5.74) is 3.17. The van der Waals surface area contributed by atoms with Crippen LogP contribution >= 0.6 is 23.2 Å². The summed E-state index contributed by atoms with van der Waals surface area (Å²) >= 11 is 12.5. The summed E-state index contributed by atoms with van der Waals surface area (Å²) in [6, 6.07) is 13.1. The van der Waals surface area contributed by atoms with Gasteiger partial charge in [0.05, 0.1) is 42.4 Å². The summed E-state index contributed by atoms with van der Waals surface area (Å²) in [5, 5.41) is 10.5. The topological polar surface area (TPSA) is 60.1 Å². The molecule has 1 aliphatic heterocycles. The van der Waals surface area contributed by atoms with Gasteiger partial charge in [0.2, 0.25) is 0 Å². The number of fused-ring (bicyclic) bond motifs is 1. The van der Waals surface area contributed by atoms with E-state index >= 15 is 0 Å². The molecule has 1 aliphatic rings. The van der Waals surface area contributed by atoms with Gasteiger partial charge in [0.15, 0.2) is 0 Å². The molecule has 1 fully saturated rings. The maximum absolute atomic E-state index is 9.27. The first-order chi connectivity index (χ1) is 13.6. The molecule has 28 heavy (non-hydrogen) atoms. The van der Waals surface area contributed by atoms with Gasteiger partial charge in [-0.25, -0.2) is 4.98 Å². The van der Waals surface area contributed by atoms with Crippen molar-refractivity contribution in [2.75, 3.05) is 19.8 Å². The van der Waals surface area contributed by atoms with Crippen LogP contribution < -0.4 is 0 Å². The molecule has 0 amide bonds. The molecule has 0 N–H and O–H groups in total. The highest BCUT2D eigenvalue weighted by Crippen LogP contribution is 2.26. The van der Waals surface area contributed by atoms with E-state index in [1.165, 1.54) is 0 Å². The third-order valence-electron chi connectivity index (χ3n) is 4.90. The number of hydrogen-bond donors (Lipinski definition) is 0. The lowest BCUT2D eigenvalue weighted by atomic mass is 10.1. The third-order valence-corrected chi connectivity index (χ3v) is 5.51. The molecule has 0 saturated carbocycles. The van der Waals surface area contributed by atoms with Crippen LogP contribution in [0.1, 0.15) is 23.4 Å². The van der Waals surface area contributed by atoms with Crippen LogP contribution in [0, 0.1) is 17.2 Å². The number of nitriles is 1. The van der Waals surface area contributed by atoms with Gasteiger partial charge in [0, 0.05) is 22.6 Å². The smallest absolute Gasteiger partial charge is 0.136 e. The largest absolute Gasteiger partial charge is 0.381 e. The number of benzene rings is 2. The number of ether oxygens (including phenoxy) is 2. The van der Waals surface area contributed by atoms with Gasteiger partial charge in [-0.2, -0.15) is 5.26 Å². The zero-order valence-corrected chi connectivity index (χ0v) is 16.7. The van der Waals surface area contributed by atoms with Crippen LogP contribution in [0.2, 0.25) is 10.0 Å². The van der Waals surface area contributed by atoms with Crippen LogP contribution in [0.3, 0.4) is 0 Å². The molecule has 0 bridgehead atoms. The number of rotatable bonds is 6. The third kappa shape index (κ3) is 4.16. The van der Waals surface area contributed by atoms with Gasteiger partial charge in [-0.1, -0.05) is 23.2 Å². The van der Waals surface area contributed by atoms with E-state index in [-0.39, 0.29) is 0 Å². The Morgan fingerprint density at radius 3 is 2.93 bits per heavy atom. The second kappa shape index (κ2) is 8.50. The molecular formula is C21H19Cl2N3O2. The molecule has 4 rings (SSSR count). The molecule has 144 valence electrons. The molecule has 1 aromatic heterocycles. The number of aromatic nitrogens is 2. The summed E-state index contributed by atoms with van der Waals surface area (Å²) in [7, 11) is 0. The van der Waals surface area contributed by atoms with Gasteiger partial charge < -0.3 is 14.0 Å². The van der Waals surface area contributed by atoms with E-state index in [1.54, 1.807) is 18.2 Å². The predicted octanol–water partition coefficient (Wildman–Crippen LogP) is 4.82. The Labute approximate surface area is 173 Å². The molecule has 1 unspecified atom stereocenters. The predicted molar refractivity (Wildman–Crippen MR) is 109 cm³/mol. The van der Waals surface area contributed by atoms with Gasteiger partial charge in [-0.05, 0) is 48.4 Å². The molecule has 1 atom stereocenters. The van der Waals surface area contributed by atoms with Crippen molar-refractivity contribution in [1.82, 2.24) is 9.55 Å². The SMILES string of the molecule is N#Cc1ccc2nc(COCC3CCOC3)n(Cc3cc(Cl)ccc3Cl)c2c1.